The van der Waals surface area contributed by atoms with Crippen molar-refractivity contribution in [1.29, 1.82) is 0 Å². The lowest BCUT2D eigenvalue weighted by molar-refractivity contribution is 0.0940. The Morgan fingerprint density at radius 3 is 2.31 bits per heavy atom. The molecule has 3 N–H and O–H groups in total. The third-order valence-corrected chi connectivity index (χ3v) is 6.40. The maximum Gasteiger partial charge on any atom is 0.257 e. The molecule has 0 saturated carbocycles. The van der Waals surface area contributed by atoms with Gasteiger partial charge < -0.3 is 20.4 Å². The topological polar surface area (TPSA) is 95.1 Å². The third-order valence-electron chi connectivity index (χ3n) is 6.40. The zero-order chi connectivity index (χ0) is 25.1. The Bertz CT molecular complexity index is 1510. The fraction of sp³-hybridized carbons (Fsp3) is 0.207. The average molecular weight is 480 g/mol. The number of nitrogens with one attached hydrogen (secondary N) is 1. The number of hydrogen-bond donors (Lipinski definition) is 2. The number of amides is 1. The Balaban J connectivity index is 1.49. The number of methoxy groups -OCH3 is 1. The Hall–Kier alpha value is -4.39. The predicted octanol–water partition coefficient (Wildman–Crippen LogP) is 4.97. The number of rotatable bonds is 8. The zero-order valence-corrected chi connectivity index (χ0v) is 20.4. The van der Waals surface area contributed by atoms with Gasteiger partial charge in [0, 0.05) is 6.04 Å². The number of carbonyl (C=O) groups is 1. The van der Waals surface area contributed by atoms with Gasteiger partial charge >= 0.3 is 0 Å². The Labute approximate surface area is 209 Å². The molecule has 0 spiro atoms. The molecule has 0 bridgehead atoms. The minimum atomic E-state index is -0.240. The quantitative estimate of drug-likeness (QED) is 0.327. The number of carbonyl (C=O) groups excluding carboxylic acids is 1. The molecule has 0 aliphatic carbocycles. The van der Waals surface area contributed by atoms with Crippen molar-refractivity contribution >= 4 is 33.9 Å². The zero-order valence-electron chi connectivity index (χ0n) is 20.4. The van der Waals surface area contributed by atoms with Gasteiger partial charge in [0.2, 0.25) is 0 Å². The summed E-state index contributed by atoms with van der Waals surface area (Å²) in [5, 5.41) is 3.12. The smallest absolute Gasteiger partial charge is 0.257 e. The van der Waals surface area contributed by atoms with Crippen molar-refractivity contribution in [3.63, 3.8) is 0 Å². The van der Waals surface area contributed by atoms with E-state index in [0.717, 1.165) is 35.2 Å². The maximum atomic E-state index is 13.5. The molecule has 0 radical (unpaired) electrons. The van der Waals surface area contributed by atoms with Crippen molar-refractivity contribution in [3.05, 3.63) is 95.6 Å². The molecule has 0 saturated heterocycles. The number of fused-ring (bicyclic) bond motifs is 2. The largest absolute Gasteiger partial charge is 0.497 e. The highest BCUT2D eigenvalue weighted by Gasteiger charge is 2.25. The highest BCUT2D eigenvalue weighted by Crippen LogP contribution is 2.29. The standard InChI is InChI=1S/C29H29N5O2/c1-19(12-13-20-8-4-3-5-9-20)31-29(35)25-26-28(33-24-11-7-6-10-23(24)32-26)34(27(25)30)18-21-14-16-22(36-2)17-15-21/h3-11,14-17,19H,12-13,18,30H2,1-2H3,(H,31,35)/t19-/m1/s1. The first kappa shape index (κ1) is 23.4. The van der Waals surface area contributed by atoms with Crippen LogP contribution in [0, 0.1) is 0 Å². The molecule has 0 unspecified atom stereocenters. The fourth-order valence-corrected chi connectivity index (χ4v) is 4.41. The van der Waals surface area contributed by atoms with E-state index >= 15 is 0 Å². The van der Waals surface area contributed by atoms with Crippen molar-refractivity contribution in [2.24, 2.45) is 0 Å². The summed E-state index contributed by atoms with van der Waals surface area (Å²) in [7, 11) is 1.64. The second-order valence-corrected chi connectivity index (χ2v) is 8.98. The van der Waals surface area contributed by atoms with Crippen molar-refractivity contribution in [2.45, 2.75) is 32.4 Å². The van der Waals surface area contributed by atoms with Crippen LogP contribution in [0.15, 0.2) is 78.9 Å². The van der Waals surface area contributed by atoms with E-state index in [0.29, 0.717) is 29.1 Å². The molecule has 5 rings (SSSR count). The van der Waals surface area contributed by atoms with E-state index in [2.05, 4.69) is 17.4 Å². The highest BCUT2D eigenvalue weighted by molar-refractivity contribution is 6.10. The van der Waals surface area contributed by atoms with Crippen LogP contribution in [-0.2, 0) is 13.0 Å². The molecule has 0 aliphatic heterocycles. The number of hydrogen-bond acceptors (Lipinski definition) is 5. The van der Waals surface area contributed by atoms with Crippen LogP contribution >= 0.6 is 0 Å². The van der Waals surface area contributed by atoms with Gasteiger partial charge in [0.15, 0.2) is 5.65 Å². The van der Waals surface area contributed by atoms with Gasteiger partial charge in [0.05, 0.1) is 24.7 Å². The van der Waals surface area contributed by atoms with Crippen molar-refractivity contribution < 1.29 is 9.53 Å². The molecule has 7 nitrogen and oxygen atoms in total. The molecule has 1 amide bonds. The summed E-state index contributed by atoms with van der Waals surface area (Å²) in [5.41, 5.74) is 11.8. The number of aryl methyl sites for hydroxylation is 1. The molecule has 3 aromatic carbocycles. The first-order valence-corrected chi connectivity index (χ1v) is 12.1. The lowest BCUT2D eigenvalue weighted by Crippen LogP contribution is -2.33. The maximum absolute atomic E-state index is 13.5. The summed E-state index contributed by atoms with van der Waals surface area (Å²) in [6, 6.07) is 25.6. The van der Waals surface area contributed by atoms with Gasteiger partial charge in [-0.2, -0.15) is 0 Å². The number of benzene rings is 3. The van der Waals surface area contributed by atoms with E-state index in [-0.39, 0.29) is 11.9 Å². The van der Waals surface area contributed by atoms with Crippen LogP contribution in [0.25, 0.3) is 22.2 Å². The lowest BCUT2D eigenvalue weighted by atomic mass is 10.1. The van der Waals surface area contributed by atoms with Gasteiger partial charge in [-0.3, -0.25) is 4.79 Å². The van der Waals surface area contributed by atoms with E-state index in [1.807, 2.05) is 78.2 Å². The van der Waals surface area contributed by atoms with Crippen molar-refractivity contribution in [3.8, 4) is 5.75 Å². The molecular formula is C29H29N5O2. The molecule has 5 aromatic rings. The summed E-state index contributed by atoms with van der Waals surface area (Å²) in [6.45, 7) is 2.46. The molecule has 7 heteroatoms. The van der Waals surface area contributed by atoms with Gasteiger partial charge in [-0.05, 0) is 55.2 Å². The summed E-state index contributed by atoms with van der Waals surface area (Å²) in [4.78, 5) is 23.1. The second kappa shape index (κ2) is 10.1. The fourth-order valence-electron chi connectivity index (χ4n) is 4.41. The Kier molecular flexibility index (Phi) is 6.54. The van der Waals surface area contributed by atoms with Crippen LogP contribution in [0.2, 0.25) is 0 Å². The Morgan fingerprint density at radius 2 is 1.61 bits per heavy atom. The average Bonchev–Trinajstić information content (AvgIpc) is 3.17. The van der Waals surface area contributed by atoms with Crippen LogP contribution in [-0.4, -0.2) is 33.6 Å². The van der Waals surface area contributed by atoms with Gasteiger partial charge in [-0.15, -0.1) is 0 Å². The molecular weight excluding hydrogens is 450 g/mol. The molecule has 36 heavy (non-hydrogen) atoms. The SMILES string of the molecule is COc1ccc(Cn2c(N)c(C(=O)N[C@H](C)CCc3ccccc3)c3nc4ccccc4nc32)cc1. The summed E-state index contributed by atoms with van der Waals surface area (Å²) in [6.07, 6.45) is 1.69. The van der Waals surface area contributed by atoms with E-state index < -0.39 is 0 Å². The first-order chi connectivity index (χ1) is 17.5. The van der Waals surface area contributed by atoms with Crippen LogP contribution < -0.4 is 15.8 Å². The number of nitrogens with two attached hydrogens (primary N) is 1. The summed E-state index contributed by atoms with van der Waals surface area (Å²) < 4.78 is 7.14. The molecule has 0 aliphatic rings. The molecule has 2 aromatic heterocycles. The highest BCUT2D eigenvalue weighted by atomic mass is 16.5. The number of anilines is 1. The summed E-state index contributed by atoms with van der Waals surface area (Å²) in [5.74, 6) is 0.888. The van der Waals surface area contributed by atoms with Crippen LogP contribution in [0.3, 0.4) is 0 Å². The van der Waals surface area contributed by atoms with Gasteiger partial charge in [0.25, 0.3) is 5.91 Å². The van der Waals surface area contributed by atoms with Crippen LogP contribution in [0.1, 0.15) is 34.8 Å². The normalized spacial score (nSPS) is 12.1. The van der Waals surface area contributed by atoms with Gasteiger partial charge in [-0.25, -0.2) is 9.97 Å². The second-order valence-electron chi connectivity index (χ2n) is 8.98. The predicted molar refractivity (Wildman–Crippen MR) is 143 cm³/mol. The summed E-state index contributed by atoms with van der Waals surface area (Å²) >= 11 is 0. The minimum absolute atomic E-state index is 0.0366. The third kappa shape index (κ3) is 4.73. The Morgan fingerprint density at radius 1 is 0.944 bits per heavy atom. The van der Waals surface area contributed by atoms with Crippen LogP contribution in [0.4, 0.5) is 5.82 Å². The van der Waals surface area contributed by atoms with Gasteiger partial charge in [0.1, 0.15) is 22.6 Å². The minimum Gasteiger partial charge on any atom is -0.497 e. The number of ether oxygens (including phenoxy) is 1. The molecule has 0 fully saturated rings. The number of nitrogens with zero attached hydrogens (tertiary/aromatic N) is 3. The van der Waals surface area contributed by atoms with Crippen molar-refractivity contribution in [1.82, 2.24) is 19.9 Å². The number of para-hydroxylation sites is 2. The number of nitrogen functional groups attached to an aromatic ring is 1. The van der Waals surface area contributed by atoms with E-state index in [1.165, 1.54) is 5.56 Å². The lowest BCUT2D eigenvalue weighted by Gasteiger charge is -2.14. The van der Waals surface area contributed by atoms with Crippen LogP contribution in [0.5, 0.6) is 5.75 Å². The monoisotopic (exact) mass is 479 g/mol. The van der Waals surface area contributed by atoms with Crippen molar-refractivity contribution in [2.75, 3.05) is 12.8 Å². The molecule has 2 heterocycles. The number of aromatic nitrogens is 3. The molecule has 1 atom stereocenters. The van der Waals surface area contributed by atoms with E-state index in [9.17, 15) is 4.79 Å². The van der Waals surface area contributed by atoms with E-state index in [1.54, 1.807) is 7.11 Å². The van der Waals surface area contributed by atoms with E-state index in [4.69, 9.17) is 20.4 Å². The van der Waals surface area contributed by atoms with Gasteiger partial charge in [-0.1, -0.05) is 54.6 Å². The first-order valence-electron chi connectivity index (χ1n) is 12.1. The molecule has 182 valence electrons.